The first-order valence-corrected chi connectivity index (χ1v) is 7.71. The largest absolute Gasteiger partial charge is 0.497 e. The van der Waals surface area contributed by atoms with Crippen molar-refractivity contribution in [3.63, 3.8) is 0 Å². The number of methoxy groups -OCH3 is 2. The molecule has 19 heavy (non-hydrogen) atoms. The molecule has 0 spiro atoms. The van der Waals surface area contributed by atoms with Gasteiger partial charge in [0.05, 0.1) is 14.2 Å². The average molecular weight is 281 g/mol. The third-order valence-electron chi connectivity index (χ3n) is 3.60. The van der Waals surface area contributed by atoms with Crippen LogP contribution in [0.15, 0.2) is 18.2 Å². The van der Waals surface area contributed by atoms with E-state index in [9.17, 15) is 0 Å². The molecule has 1 aliphatic heterocycles. The standard InChI is InChI=1S/C15H23NO2S/c1-15(7-4-8-19-15)11-16-10-12-9-13(17-2)5-6-14(12)18-3/h5-6,9,16H,4,7-8,10-11H2,1-3H3. The van der Waals surface area contributed by atoms with Gasteiger partial charge in [-0.3, -0.25) is 0 Å². The van der Waals surface area contributed by atoms with Gasteiger partial charge < -0.3 is 14.8 Å². The minimum absolute atomic E-state index is 0.395. The van der Waals surface area contributed by atoms with Gasteiger partial charge in [0.1, 0.15) is 11.5 Å². The molecule has 106 valence electrons. The van der Waals surface area contributed by atoms with E-state index >= 15 is 0 Å². The monoisotopic (exact) mass is 281 g/mol. The molecule has 1 aromatic rings. The second-order valence-electron chi connectivity index (χ2n) is 5.18. The van der Waals surface area contributed by atoms with E-state index in [1.165, 1.54) is 18.6 Å². The van der Waals surface area contributed by atoms with Crippen molar-refractivity contribution in [3.05, 3.63) is 23.8 Å². The van der Waals surface area contributed by atoms with Gasteiger partial charge in [-0.2, -0.15) is 11.8 Å². The van der Waals surface area contributed by atoms with E-state index in [4.69, 9.17) is 9.47 Å². The van der Waals surface area contributed by atoms with Gasteiger partial charge in [0.2, 0.25) is 0 Å². The van der Waals surface area contributed by atoms with E-state index in [1.54, 1.807) is 14.2 Å². The smallest absolute Gasteiger partial charge is 0.123 e. The van der Waals surface area contributed by atoms with Gasteiger partial charge in [-0.25, -0.2) is 0 Å². The predicted octanol–water partition coefficient (Wildman–Crippen LogP) is 3.08. The molecule has 0 bridgehead atoms. The maximum atomic E-state index is 5.39. The van der Waals surface area contributed by atoms with Gasteiger partial charge >= 0.3 is 0 Å². The molecule has 0 radical (unpaired) electrons. The van der Waals surface area contributed by atoms with Gasteiger partial charge in [0.15, 0.2) is 0 Å². The van der Waals surface area contributed by atoms with E-state index in [0.717, 1.165) is 30.2 Å². The average Bonchev–Trinajstić information content (AvgIpc) is 2.85. The number of hydrogen-bond donors (Lipinski definition) is 1. The fraction of sp³-hybridized carbons (Fsp3) is 0.600. The zero-order valence-corrected chi connectivity index (χ0v) is 12.8. The van der Waals surface area contributed by atoms with Crippen molar-refractivity contribution in [1.29, 1.82) is 0 Å². The molecule has 1 saturated heterocycles. The summed E-state index contributed by atoms with van der Waals surface area (Å²) in [5.41, 5.74) is 1.15. The van der Waals surface area contributed by atoms with Crippen molar-refractivity contribution < 1.29 is 9.47 Å². The topological polar surface area (TPSA) is 30.5 Å². The Bertz CT molecular complexity index is 417. The molecular formula is C15H23NO2S. The van der Waals surface area contributed by atoms with Crippen LogP contribution in [0.2, 0.25) is 0 Å². The van der Waals surface area contributed by atoms with E-state index in [2.05, 4.69) is 24.0 Å². The van der Waals surface area contributed by atoms with Crippen molar-refractivity contribution in [2.45, 2.75) is 31.1 Å². The highest BCUT2D eigenvalue weighted by Gasteiger charge is 2.28. The van der Waals surface area contributed by atoms with Crippen LogP contribution in [0.5, 0.6) is 11.5 Å². The molecule has 4 heteroatoms. The summed E-state index contributed by atoms with van der Waals surface area (Å²) in [6, 6.07) is 5.92. The third-order valence-corrected chi connectivity index (χ3v) is 5.14. The molecule has 0 aromatic heterocycles. The van der Waals surface area contributed by atoms with Crippen LogP contribution in [0, 0.1) is 0 Å². The summed E-state index contributed by atoms with van der Waals surface area (Å²) in [5.74, 6) is 3.08. The molecule has 0 saturated carbocycles. The molecule has 1 atom stereocenters. The van der Waals surface area contributed by atoms with Crippen molar-refractivity contribution >= 4 is 11.8 Å². The summed E-state index contributed by atoms with van der Waals surface area (Å²) in [6.45, 7) is 4.20. The zero-order chi connectivity index (χ0) is 13.7. The molecule has 0 amide bonds. The Morgan fingerprint density at radius 2 is 2.16 bits per heavy atom. The lowest BCUT2D eigenvalue weighted by atomic mass is 10.1. The van der Waals surface area contributed by atoms with Crippen LogP contribution in [-0.4, -0.2) is 31.3 Å². The maximum Gasteiger partial charge on any atom is 0.123 e. The highest BCUT2D eigenvalue weighted by Crippen LogP contribution is 2.37. The lowest BCUT2D eigenvalue weighted by molar-refractivity contribution is 0.396. The highest BCUT2D eigenvalue weighted by atomic mass is 32.2. The van der Waals surface area contributed by atoms with Gasteiger partial charge in [0.25, 0.3) is 0 Å². The second kappa shape index (κ2) is 6.53. The number of nitrogens with one attached hydrogen (secondary N) is 1. The number of rotatable bonds is 6. The molecule has 3 nitrogen and oxygen atoms in total. The fourth-order valence-corrected chi connectivity index (χ4v) is 3.73. The Kier molecular flexibility index (Phi) is 4.99. The normalized spacial score (nSPS) is 22.5. The molecule has 1 fully saturated rings. The van der Waals surface area contributed by atoms with Gasteiger partial charge in [-0.05, 0) is 43.7 Å². The predicted molar refractivity (Wildman–Crippen MR) is 81.3 cm³/mol. The lowest BCUT2D eigenvalue weighted by Crippen LogP contribution is -2.32. The van der Waals surface area contributed by atoms with Gasteiger partial charge in [-0.15, -0.1) is 0 Å². The van der Waals surface area contributed by atoms with Crippen LogP contribution in [0.25, 0.3) is 0 Å². The van der Waals surface area contributed by atoms with Crippen LogP contribution in [-0.2, 0) is 6.54 Å². The fourth-order valence-electron chi connectivity index (χ4n) is 2.46. The molecule has 2 rings (SSSR count). The van der Waals surface area contributed by atoms with Crippen LogP contribution in [0.4, 0.5) is 0 Å². The second-order valence-corrected chi connectivity index (χ2v) is 6.87. The van der Waals surface area contributed by atoms with Crippen molar-refractivity contribution in [1.82, 2.24) is 5.32 Å². The van der Waals surface area contributed by atoms with Crippen molar-refractivity contribution in [3.8, 4) is 11.5 Å². The molecule has 1 aliphatic rings. The third kappa shape index (κ3) is 3.80. The minimum Gasteiger partial charge on any atom is -0.497 e. The summed E-state index contributed by atoms with van der Waals surface area (Å²) >= 11 is 2.08. The van der Waals surface area contributed by atoms with Gasteiger partial charge in [0, 0.05) is 23.4 Å². The molecular weight excluding hydrogens is 258 g/mol. The van der Waals surface area contributed by atoms with E-state index in [0.29, 0.717) is 4.75 Å². The Morgan fingerprint density at radius 1 is 1.32 bits per heavy atom. The van der Waals surface area contributed by atoms with E-state index in [1.807, 2.05) is 18.2 Å². The Morgan fingerprint density at radius 3 is 2.79 bits per heavy atom. The molecule has 1 N–H and O–H groups in total. The molecule has 1 aromatic carbocycles. The minimum atomic E-state index is 0.395. The first-order chi connectivity index (χ1) is 9.17. The summed E-state index contributed by atoms with van der Waals surface area (Å²) in [4.78, 5) is 0. The number of thioether (sulfide) groups is 1. The highest BCUT2D eigenvalue weighted by molar-refractivity contribution is 8.00. The van der Waals surface area contributed by atoms with Crippen LogP contribution >= 0.6 is 11.8 Å². The number of ether oxygens (including phenoxy) is 2. The first kappa shape index (κ1) is 14.5. The van der Waals surface area contributed by atoms with Crippen LogP contribution in [0.1, 0.15) is 25.3 Å². The molecule has 1 heterocycles. The van der Waals surface area contributed by atoms with Crippen LogP contribution < -0.4 is 14.8 Å². The zero-order valence-electron chi connectivity index (χ0n) is 12.0. The summed E-state index contributed by atoms with van der Waals surface area (Å²) in [5, 5.41) is 3.55. The summed E-state index contributed by atoms with van der Waals surface area (Å²) < 4.78 is 11.1. The summed E-state index contributed by atoms with van der Waals surface area (Å²) in [7, 11) is 3.40. The number of hydrogen-bond acceptors (Lipinski definition) is 4. The van der Waals surface area contributed by atoms with Crippen molar-refractivity contribution in [2.75, 3.05) is 26.5 Å². The van der Waals surface area contributed by atoms with Crippen molar-refractivity contribution in [2.24, 2.45) is 0 Å². The maximum absolute atomic E-state index is 5.39. The Balaban J connectivity index is 1.94. The SMILES string of the molecule is COc1ccc(OC)c(CNCC2(C)CCCS2)c1. The Hall–Kier alpha value is -0.870. The quantitative estimate of drug-likeness (QED) is 0.868. The lowest BCUT2D eigenvalue weighted by Gasteiger charge is -2.23. The first-order valence-electron chi connectivity index (χ1n) is 6.72. The molecule has 0 aliphatic carbocycles. The van der Waals surface area contributed by atoms with E-state index in [-0.39, 0.29) is 0 Å². The van der Waals surface area contributed by atoms with E-state index < -0.39 is 0 Å². The molecule has 1 unspecified atom stereocenters. The Labute approximate surface area is 120 Å². The van der Waals surface area contributed by atoms with Gasteiger partial charge in [-0.1, -0.05) is 0 Å². The summed E-state index contributed by atoms with van der Waals surface area (Å²) in [6.07, 6.45) is 2.64. The van der Waals surface area contributed by atoms with Crippen LogP contribution in [0.3, 0.4) is 0 Å². The number of benzene rings is 1.